The van der Waals surface area contributed by atoms with Gasteiger partial charge in [-0.25, -0.2) is 0 Å². The Bertz CT molecular complexity index is 185. The van der Waals surface area contributed by atoms with E-state index < -0.39 is 0 Å². The molecule has 2 atom stereocenters. The van der Waals surface area contributed by atoms with Crippen molar-refractivity contribution in [3.8, 4) is 0 Å². The number of aliphatic hydroxyl groups is 1. The van der Waals surface area contributed by atoms with Crippen LogP contribution in [0.2, 0.25) is 0 Å². The van der Waals surface area contributed by atoms with Crippen molar-refractivity contribution in [3.63, 3.8) is 0 Å². The molecule has 2 nitrogen and oxygen atoms in total. The van der Waals surface area contributed by atoms with Crippen LogP contribution in [0.5, 0.6) is 0 Å². The first-order valence-electron chi connectivity index (χ1n) is 6.38. The predicted octanol–water partition coefficient (Wildman–Crippen LogP) is 2.55. The van der Waals surface area contributed by atoms with E-state index in [1.807, 2.05) is 0 Å². The van der Waals surface area contributed by atoms with Crippen molar-refractivity contribution in [2.45, 2.75) is 59.0 Å². The van der Waals surface area contributed by atoms with Crippen molar-refractivity contribution < 1.29 is 5.11 Å². The molecule has 0 radical (unpaired) electrons. The van der Waals surface area contributed by atoms with Gasteiger partial charge in [0.25, 0.3) is 0 Å². The molecule has 2 unspecified atom stereocenters. The Morgan fingerprint density at radius 1 is 1.27 bits per heavy atom. The fourth-order valence-electron chi connectivity index (χ4n) is 3.01. The van der Waals surface area contributed by atoms with Crippen LogP contribution in [0.25, 0.3) is 0 Å². The second-order valence-corrected chi connectivity index (χ2v) is 5.93. The first-order valence-corrected chi connectivity index (χ1v) is 6.38. The van der Waals surface area contributed by atoms with Crippen molar-refractivity contribution in [2.75, 3.05) is 6.54 Å². The van der Waals surface area contributed by atoms with Crippen LogP contribution in [0.3, 0.4) is 0 Å². The normalized spacial score (nSPS) is 24.4. The third kappa shape index (κ3) is 3.18. The Balaban J connectivity index is 2.58. The molecule has 1 aliphatic carbocycles. The predicted molar refractivity (Wildman–Crippen MR) is 64.6 cm³/mol. The third-order valence-electron chi connectivity index (χ3n) is 3.98. The Kier molecular flexibility index (Phi) is 4.60. The van der Waals surface area contributed by atoms with Crippen LogP contribution in [0.15, 0.2) is 0 Å². The lowest BCUT2D eigenvalue weighted by atomic mass is 9.74. The molecule has 90 valence electrons. The molecule has 0 heterocycles. The fourth-order valence-corrected chi connectivity index (χ4v) is 3.01. The van der Waals surface area contributed by atoms with Gasteiger partial charge in [0.2, 0.25) is 0 Å². The van der Waals surface area contributed by atoms with E-state index in [0.717, 1.165) is 6.42 Å². The second kappa shape index (κ2) is 5.31. The molecule has 1 fully saturated rings. The first kappa shape index (κ1) is 13.0. The minimum Gasteiger partial charge on any atom is -0.392 e. The largest absolute Gasteiger partial charge is 0.392 e. The summed E-state index contributed by atoms with van der Waals surface area (Å²) in [5, 5.41) is 10.4. The van der Waals surface area contributed by atoms with E-state index in [1.54, 1.807) is 0 Å². The average molecular weight is 213 g/mol. The van der Waals surface area contributed by atoms with Gasteiger partial charge in [-0.2, -0.15) is 0 Å². The molecule has 0 aromatic rings. The number of rotatable bonds is 5. The van der Waals surface area contributed by atoms with E-state index in [1.165, 1.54) is 25.7 Å². The molecular formula is C13H27NO. The topological polar surface area (TPSA) is 46.2 Å². The lowest BCUT2D eigenvalue weighted by Gasteiger charge is -2.36. The van der Waals surface area contributed by atoms with Crippen molar-refractivity contribution in [2.24, 2.45) is 23.0 Å². The van der Waals surface area contributed by atoms with E-state index in [4.69, 9.17) is 5.73 Å². The molecule has 1 rings (SSSR count). The maximum absolute atomic E-state index is 10.4. The molecule has 1 aliphatic rings. The maximum atomic E-state index is 10.4. The van der Waals surface area contributed by atoms with Crippen LogP contribution in [-0.2, 0) is 0 Å². The Morgan fingerprint density at radius 3 is 2.20 bits per heavy atom. The van der Waals surface area contributed by atoms with Gasteiger partial charge in [0, 0.05) is 0 Å². The van der Waals surface area contributed by atoms with Gasteiger partial charge in [-0.3, -0.25) is 0 Å². The summed E-state index contributed by atoms with van der Waals surface area (Å²) in [7, 11) is 0. The van der Waals surface area contributed by atoms with Crippen LogP contribution in [0.1, 0.15) is 52.9 Å². The van der Waals surface area contributed by atoms with Gasteiger partial charge in [0.15, 0.2) is 0 Å². The highest BCUT2D eigenvalue weighted by molar-refractivity contribution is 4.90. The van der Waals surface area contributed by atoms with E-state index in [0.29, 0.717) is 12.5 Å². The van der Waals surface area contributed by atoms with Gasteiger partial charge in [-0.05, 0) is 43.1 Å². The average Bonchev–Trinajstić information content (AvgIpc) is 2.61. The Hall–Kier alpha value is -0.0800. The Morgan fingerprint density at radius 2 is 1.80 bits per heavy atom. The molecule has 0 aromatic heterocycles. The van der Waals surface area contributed by atoms with E-state index >= 15 is 0 Å². The number of aliphatic hydroxyl groups excluding tert-OH is 1. The lowest BCUT2D eigenvalue weighted by molar-refractivity contribution is -0.00940. The van der Waals surface area contributed by atoms with Gasteiger partial charge in [0.05, 0.1) is 6.10 Å². The third-order valence-corrected chi connectivity index (χ3v) is 3.98. The van der Waals surface area contributed by atoms with Gasteiger partial charge in [-0.1, -0.05) is 33.6 Å². The maximum Gasteiger partial charge on any atom is 0.0634 e. The molecule has 3 N–H and O–H groups in total. The molecular weight excluding hydrogens is 186 g/mol. The fraction of sp³-hybridized carbons (Fsp3) is 1.00. The Labute approximate surface area is 94.2 Å². The van der Waals surface area contributed by atoms with Gasteiger partial charge in [-0.15, -0.1) is 0 Å². The summed E-state index contributed by atoms with van der Waals surface area (Å²) < 4.78 is 0. The zero-order chi connectivity index (χ0) is 11.5. The summed E-state index contributed by atoms with van der Waals surface area (Å²) in [5.74, 6) is 0.909. The first-order chi connectivity index (χ1) is 6.99. The zero-order valence-corrected chi connectivity index (χ0v) is 10.5. The lowest BCUT2D eigenvalue weighted by Crippen LogP contribution is -2.40. The highest BCUT2D eigenvalue weighted by Crippen LogP contribution is 2.43. The summed E-state index contributed by atoms with van der Waals surface area (Å²) >= 11 is 0. The highest BCUT2D eigenvalue weighted by atomic mass is 16.3. The van der Waals surface area contributed by atoms with Crippen molar-refractivity contribution >= 4 is 0 Å². The number of hydrogen-bond acceptors (Lipinski definition) is 2. The van der Waals surface area contributed by atoms with Crippen molar-refractivity contribution in [1.29, 1.82) is 0 Å². The molecule has 15 heavy (non-hydrogen) atoms. The minimum absolute atomic E-state index is 0.138. The van der Waals surface area contributed by atoms with Crippen LogP contribution < -0.4 is 5.73 Å². The summed E-state index contributed by atoms with van der Waals surface area (Å²) in [6.45, 7) is 7.25. The van der Waals surface area contributed by atoms with Crippen molar-refractivity contribution in [3.05, 3.63) is 0 Å². The summed E-state index contributed by atoms with van der Waals surface area (Å²) in [6, 6.07) is 0. The summed E-state index contributed by atoms with van der Waals surface area (Å²) in [6.07, 6.45) is 5.73. The molecule has 0 amide bonds. The molecule has 1 saturated carbocycles. The van der Waals surface area contributed by atoms with Gasteiger partial charge < -0.3 is 10.8 Å². The van der Waals surface area contributed by atoms with Crippen LogP contribution >= 0.6 is 0 Å². The summed E-state index contributed by atoms with van der Waals surface area (Å²) in [5.41, 5.74) is 5.93. The summed E-state index contributed by atoms with van der Waals surface area (Å²) in [4.78, 5) is 0. The van der Waals surface area contributed by atoms with Gasteiger partial charge >= 0.3 is 0 Å². The zero-order valence-electron chi connectivity index (χ0n) is 10.5. The molecule has 0 aromatic carbocycles. The second-order valence-electron chi connectivity index (χ2n) is 5.93. The smallest absolute Gasteiger partial charge is 0.0634 e. The molecule has 0 aliphatic heterocycles. The monoisotopic (exact) mass is 213 g/mol. The molecule has 0 bridgehead atoms. The van der Waals surface area contributed by atoms with Crippen LogP contribution in [0.4, 0.5) is 0 Å². The van der Waals surface area contributed by atoms with E-state index in [9.17, 15) is 5.11 Å². The highest BCUT2D eigenvalue weighted by Gasteiger charge is 2.39. The number of nitrogens with two attached hydrogens (primary N) is 1. The molecule has 0 saturated heterocycles. The van der Waals surface area contributed by atoms with E-state index in [-0.39, 0.29) is 17.4 Å². The molecule has 2 heteroatoms. The number of hydrogen-bond donors (Lipinski definition) is 2. The quantitative estimate of drug-likeness (QED) is 0.737. The van der Waals surface area contributed by atoms with Crippen molar-refractivity contribution in [1.82, 2.24) is 0 Å². The standard InChI is InChI=1S/C13H27NO/c1-10(2)8-11(9-14)12(15)13(3)6-4-5-7-13/h10-12,15H,4-9,14H2,1-3H3. The van der Waals surface area contributed by atoms with Crippen LogP contribution in [0, 0.1) is 17.3 Å². The van der Waals surface area contributed by atoms with E-state index in [2.05, 4.69) is 20.8 Å². The molecule has 0 spiro atoms. The van der Waals surface area contributed by atoms with Crippen LogP contribution in [-0.4, -0.2) is 17.8 Å². The SMILES string of the molecule is CC(C)CC(CN)C(O)C1(C)CCCC1. The van der Waals surface area contributed by atoms with Gasteiger partial charge in [0.1, 0.15) is 0 Å². The minimum atomic E-state index is -0.201.